The zero-order chi connectivity index (χ0) is 11.5. The number of para-hydroxylation sites is 1. The molecule has 3 heteroatoms. The van der Waals surface area contributed by atoms with Crippen LogP contribution in [0, 0.1) is 11.8 Å². The fourth-order valence-electron chi connectivity index (χ4n) is 3.64. The van der Waals surface area contributed by atoms with Crippen molar-refractivity contribution in [2.75, 3.05) is 0 Å². The lowest BCUT2D eigenvalue weighted by atomic mass is 9.97. The molecular formula is C14H14N2O. The van der Waals surface area contributed by atoms with Crippen molar-refractivity contribution in [2.24, 2.45) is 11.8 Å². The van der Waals surface area contributed by atoms with Gasteiger partial charge in [0.05, 0.1) is 16.6 Å². The van der Waals surface area contributed by atoms with E-state index in [4.69, 9.17) is 0 Å². The molecule has 2 saturated carbocycles. The van der Waals surface area contributed by atoms with E-state index in [-0.39, 0.29) is 0 Å². The van der Waals surface area contributed by atoms with Gasteiger partial charge in [0.2, 0.25) is 0 Å². The van der Waals surface area contributed by atoms with Gasteiger partial charge in [-0.2, -0.15) is 0 Å². The van der Waals surface area contributed by atoms with E-state index < -0.39 is 5.60 Å². The Bertz CT molecular complexity index is 580. The lowest BCUT2D eigenvalue weighted by Crippen LogP contribution is -2.14. The van der Waals surface area contributed by atoms with E-state index in [0.717, 1.165) is 29.4 Å². The second-order valence-corrected chi connectivity index (χ2v) is 5.20. The fourth-order valence-corrected chi connectivity index (χ4v) is 3.64. The minimum Gasteiger partial charge on any atom is -0.384 e. The SMILES string of the molecule is OC1(c2cccc3nccnc23)C2CCCC21. The molecule has 2 aliphatic carbocycles. The number of hydrogen-bond acceptors (Lipinski definition) is 3. The molecule has 3 nitrogen and oxygen atoms in total. The molecule has 0 radical (unpaired) electrons. The summed E-state index contributed by atoms with van der Waals surface area (Å²) in [4.78, 5) is 8.70. The highest BCUT2D eigenvalue weighted by Gasteiger charge is 2.66. The van der Waals surface area contributed by atoms with Gasteiger partial charge in [0.15, 0.2) is 0 Å². The average molecular weight is 226 g/mol. The third kappa shape index (κ3) is 1.10. The summed E-state index contributed by atoms with van der Waals surface area (Å²) in [5.74, 6) is 0.908. The number of fused-ring (bicyclic) bond motifs is 2. The third-order valence-electron chi connectivity index (χ3n) is 4.47. The summed E-state index contributed by atoms with van der Waals surface area (Å²) in [6.45, 7) is 0. The number of aromatic nitrogens is 2. The standard InChI is InChI=1S/C14H14N2O/c17-14(9-3-1-4-10(9)14)11-5-2-6-12-13(11)16-8-7-15-12/h2,5-10,17H,1,3-4H2. The Morgan fingerprint density at radius 1 is 1.12 bits per heavy atom. The van der Waals surface area contributed by atoms with Crippen molar-refractivity contribution in [1.29, 1.82) is 0 Å². The van der Waals surface area contributed by atoms with Crippen LogP contribution in [-0.2, 0) is 5.60 Å². The van der Waals surface area contributed by atoms with Gasteiger partial charge in [0, 0.05) is 18.0 Å². The molecular weight excluding hydrogens is 212 g/mol. The maximum Gasteiger partial charge on any atom is 0.0981 e. The van der Waals surface area contributed by atoms with Crippen LogP contribution in [0.1, 0.15) is 24.8 Å². The number of aliphatic hydroxyl groups is 1. The summed E-state index contributed by atoms with van der Waals surface area (Å²) in [5, 5.41) is 10.8. The van der Waals surface area contributed by atoms with Crippen molar-refractivity contribution >= 4 is 11.0 Å². The van der Waals surface area contributed by atoms with Crippen LogP contribution in [0.5, 0.6) is 0 Å². The smallest absolute Gasteiger partial charge is 0.0981 e. The zero-order valence-electron chi connectivity index (χ0n) is 9.50. The number of rotatable bonds is 1. The Morgan fingerprint density at radius 2 is 1.88 bits per heavy atom. The van der Waals surface area contributed by atoms with Crippen molar-refractivity contribution < 1.29 is 5.11 Å². The molecule has 1 heterocycles. The van der Waals surface area contributed by atoms with Gasteiger partial charge < -0.3 is 5.11 Å². The van der Waals surface area contributed by atoms with Gasteiger partial charge in [-0.05, 0) is 30.7 Å². The van der Waals surface area contributed by atoms with Crippen LogP contribution in [-0.4, -0.2) is 15.1 Å². The molecule has 17 heavy (non-hydrogen) atoms. The lowest BCUT2D eigenvalue weighted by Gasteiger charge is -2.16. The van der Waals surface area contributed by atoms with Crippen molar-refractivity contribution in [3.05, 3.63) is 36.2 Å². The molecule has 0 aliphatic heterocycles. The highest BCUT2D eigenvalue weighted by molar-refractivity contribution is 5.79. The van der Waals surface area contributed by atoms with E-state index in [0.29, 0.717) is 11.8 Å². The Balaban J connectivity index is 1.92. The molecule has 0 amide bonds. The number of nitrogens with zero attached hydrogens (tertiary/aromatic N) is 2. The molecule has 0 saturated heterocycles. The zero-order valence-corrected chi connectivity index (χ0v) is 9.50. The van der Waals surface area contributed by atoms with Crippen molar-refractivity contribution in [3.63, 3.8) is 0 Å². The van der Waals surface area contributed by atoms with Crippen LogP contribution in [0.3, 0.4) is 0 Å². The monoisotopic (exact) mass is 226 g/mol. The van der Waals surface area contributed by atoms with Gasteiger partial charge in [-0.1, -0.05) is 18.6 Å². The van der Waals surface area contributed by atoms with Crippen LogP contribution in [0.15, 0.2) is 30.6 Å². The van der Waals surface area contributed by atoms with Crippen molar-refractivity contribution in [2.45, 2.75) is 24.9 Å². The Hall–Kier alpha value is -1.48. The van der Waals surface area contributed by atoms with Crippen LogP contribution in [0.25, 0.3) is 11.0 Å². The first-order chi connectivity index (χ1) is 8.32. The lowest BCUT2D eigenvalue weighted by molar-refractivity contribution is 0.107. The maximum atomic E-state index is 10.8. The molecule has 86 valence electrons. The van der Waals surface area contributed by atoms with E-state index >= 15 is 0 Å². The van der Waals surface area contributed by atoms with E-state index in [1.807, 2.05) is 18.2 Å². The van der Waals surface area contributed by atoms with Gasteiger partial charge in [0.1, 0.15) is 0 Å². The Labute approximate surface area is 99.5 Å². The summed E-state index contributed by atoms with van der Waals surface area (Å²) in [7, 11) is 0. The maximum absolute atomic E-state index is 10.8. The largest absolute Gasteiger partial charge is 0.384 e. The molecule has 2 atom stereocenters. The van der Waals surface area contributed by atoms with E-state index in [1.165, 1.54) is 6.42 Å². The molecule has 2 fully saturated rings. The highest BCUT2D eigenvalue weighted by Crippen LogP contribution is 2.66. The normalized spacial score (nSPS) is 34.9. The first kappa shape index (κ1) is 9.54. The highest BCUT2D eigenvalue weighted by atomic mass is 16.3. The number of hydrogen-bond donors (Lipinski definition) is 1. The van der Waals surface area contributed by atoms with Crippen LogP contribution < -0.4 is 0 Å². The minimum absolute atomic E-state index is 0.454. The Kier molecular flexibility index (Phi) is 1.71. The van der Waals surface area contributed by atoms with Crippen molar-refractivity contribution in [3.8, 4) is 0 Å². The predicted octanol–water partition coefficient (Wildman–Crippen LogP) is 2.25. The second kappa shape index (κ2) is 3.05. The van der Waals surface area contributed by atoms with Crippen LogP contribution in [0.2, 0.25) is 0 Å². The summed E-state index contributed by atoms with van der Waals surface area (Å²) >= 11 is 0. The van der Waals surface area contributed by atoms with Crippen LogP contribution >= 0.6 is 0 Å². The minimum atomic E-state index is -0.617. The average Bonchev–Trinajstić information content (AvgIpc) is 2.79. The van der Waals surface area contributed by atoms with E-state index in [1.54, 1.807) is 12.4 Å². The third-order valence-corrected chi connectivity index (χ3v) is 4.47. The Morgan fingerprint density at radius 3 is 2.71 bits per heavy atom. The first-order valence-electron chi connectivity index (χ1n) is 6.24. The van der Waals surface area contributed by atoms with E-state index in [2.05, 4.69) is 9.97 Å². The number of benzene rings is 1. The van der Waals surface area contributed by atoms with Gasteiger partial charge in [0.25, 0.3) is 0 Å². The molecule has 1 aromatic heterocycles. The van der Waals surface area contributed by atoms with Gasteiger partial charge >= 0.3 is 0 Å². The second-order valence-electron chi connectivity index (χ2n) is 5.20. The first-order valence-corrected chi connectivity index (χ1v) is 6.24. The fraction of sp³-hybridized carbons (Fsp3) is 0.429. The van der Waals surface area contributed by atoms with Crippen molar-refractivity contribution in [1.82, 2.24) is 9.97 Å². The predicted molar refractivity (Wildman–Crippen MR) is 64.3 cm³/mol. The molecule has 0 bridgehead atoms. The molecule has 2 unspecified atom stereocenters. The molecule has 1 aromatic carbocycles. The van der Waals surface area contributed by atoms with Crippen LogP contribution in [0.4, 0.5) is 0 Å². The molecule has 0 spiro atoms. The summed E-state index contributed by atoms with van der Waals surface area (Å²) < 4.78 is 0. The molecule has 2 aliphatic rings. The quantitative estimate of drug-likeness (QED) is 0.811. The van der Waals surface area contributed by atoms with E-state index in [9.17, 15) is 5.11 Å². The molecule has 2 aromatic rings. The van der Waals surface area contributed by atoms with Gasteiger partial charge in [-0.25, -0.2) is 0 Å². The van der Waals surface area contributed by atoms with Gasteiger partial charge in [-0.15, -0.1) is 0 Å². The summed E-state index contributed by atoms with van der Waals surface area (Å²) in [6.07, 6.45) is 6.96. The van der Waals surface area contributed by atoms with Gasteiger partial charge in [-0.3, -0.25) is 9.97 Å². The topological polar surface area (TPSA) is 46.0 Å². The summed E-state index contributed by atoms with van der Waals surface area (Å²) in [6, 6.07) is 5.93. The summed E-state index contributed by atoms with van der Waals surface area (Å²) in [5.41, 5.74) is 2.11. The molecule has 4 rings (SSSR count). The molecule has 1 N–H and O–H groups in total.